The molecule has 0 amide bonds. The molecule has 3 aromatic carbocycles. The fraction of sp³-hybridized carbons (Fsp3) is 0.0455. The minimum atomic E-state index is -0.391. The van der Waals surface area contributed by atoms with Crippen LogP contribution in [0.25, 0.3) is 22.3 Å². The second-order valence-corrected chi connectivity index (χ2v) is 7.87. The molecule has 1 heterocycles. The summed E-state index contributed by atoms with van der Waals surface area (Å²) in [6.45, 7) is -0.0110. The number of hydrogen-bond donors (Lipinski definition) is 0. The lowest BCUT2D eigenvalue weighted by molar-refractivity contribution is 0.298. The molecule has 0 fully saturated rings. The molecule has 4 aromatic rings. The average Bonchev–Trinajstić information content (AvgIpc) is 2.70. The van der Waals surface area contributed by atoms with Crippen molar-refractivity contribution in [2.45, 2.75) is 6.61 Å². The van der Waals surface area contributed by atoms with Gasteiger partial charge in [0.15, 0.2) is 11.3 Å². The molecule has 0 radical (unpaired) electrons. The first-order valence-corrected chi connectivity index (χ1v) is 10.0. The van der Waals surface area contributed by atoms with Gasteiger partial charge in [-0.2, -0.15) is 0 Å². The maximum atomic E-state index is 13.2. The van der Waals surface area contributed by atoms with Crippen molar-refractivity contribution in [3.05, 3.63) is 96.5 Å². The highest BCUT2D eigenvalue weighted by atomic mass is 35.5. The van der Waals surface area contributed by atoms with Crippen LogP contribution >= 0.6 is 46.4 Å². The zero-order valence-corrected chi connectivity index (χ0v) is 17.7. The molecular formula is C22H12Cl4O3. The van der Waals surface area contributed by atoms with Gasteiger partial charge < -0.3 is 9.15 Å². The molecular weight excluding hydrogens is 454 g/mol. The van der Waals surface area contributed by atoms with E-state index in [1.165, 1.54) is 12.1 Å². The first kappa shape index (κ1) is 20.1. The van der Waals surface area contributed by atoms with E-state index in [2.05, 4.69) is 0 Å². The van der Waals surface area contributed by atoms with Gasteiger partial charge in [-0.1, -0.05) is 82.8 Å². The highest BCUT2D eigenvalue weighted by Crippen LogP contribution is 2.36. The van der Waals surface area contributed by atoms with E-state index in [1.807, 2.05) is 30.3 Å². The van der Waals surface area contributed by atoms with E-state index in [1.54, 1.807) is 18.2 Å². The second kappa shape index (κ2) is 8.29. The van der Waals surface area contributed by atoms with Crippen LogP contribution in [-0.2, 0) is 6.61 Å². The van der Waals surface area contributed by atoms with Gasteiger partial charge in [-0.15, -0.1) is 0 Å². The van der Waals surface area contributed by atoms with Gasteiger partial charge in [0.25, 0.3) is 0 Å². The second-order valence-electron chi connectivity index (χ2n) is 6.21. The monoisotopic (exact) mass is 464 g/mol. The number of fused-ring (bicyclic) bond motifs is 1. The van der Waals surface area contributed by atoms with E-state index >= 15 is 0 Å². The summed E-state index contributed by atoms with van der Waals surface area (Å²) in [4.78, 5) is 13.2. The lowest BCUT2D eigenvalue weighted by atomic mass is 10.1. The number of halogens is 4. The van der Waals surface area contributed by atoms with Gasteiger partial charge in [-0.25, -0.2) is 0 Å². The van der Waals surface area contributed by atoms with E-state index in [9.17, 15) is 4.79 Å². The summed E-state index contributed by atoms with van der Waals surface area (Å²) >= 11 is 24.8. The Kier molecular flexibility index (Phi) is 5.75. The van der Waals surface area contributed by atoms with Gasteiger partial charge in [0.1, 0.15) is 6.61 Å². The third-order valence-electron chi connectivity index (χ3n) is 4.33. The number of hydrogen-bond acceptors (Lipinski definition) is 3. The Hall–Kier alpha value is -2.17. The lowest BCUT2D eigenvalue weighted by Gasteiger charge is -2.14. The first-order valence-electron chi connectivity index (χ1n) is 8.52. The maximum absolute atomic E-state index is 13.2. The molecule has 0 saturated carbocycles. The van der Waals surface area contributed by atoms with Crippen molar-refractivity contribution in [2.24, 2.45) is 0 Å². The van der Waals surface area contributed by atoms with Crippen molar-refractivity contribution in [3.63, 3.8) is 0 Å². The van der Waals surface area contributed by atoms with Crippen LogP contribution in [-0.4, -0.2) is 0 Å². The molecule has 0 bridgehead atoms. The predicted octanol–water partition coefficient (Wildman–Crippen LogP) is 7.65. The summed E-state index contributed by atoms with van der Waals surface area (Å²) in [5.41, 5.74) is 1.08. The van der Waals surface area contributed by atoms with Crippen molar-refractivity contribution >= 4 is 57.4 Å². The lowest BCUT2D eigenvalue weighted by Crippen LogP contribution is -2.11. The Morgan fingerprint density at radius 2 is 1.52 bits per heavy atom. The van der Waals surface area contributed by atoms with Gasteiger partial charge in [-0.3, -0.25) is 4.79 Å². The fourth-order valence-electron chi connectivity index (χ4n) is 2.93. The smallest absolute Gasteiger partial charge is 0.235 e. The Bertz CT molecular complexity index is 1250. The molecule has 146 valence electrons. The molecule has 29 heavy (non-hydrogen) atoms. The van der Waals surface area contributed by atoms with E-state index in [0.717, 1.165) is 0 Å². The molecule has 0 N–H and O–H groups in total. The summed E-state index contributed by atoms with van der Waals surface area (Å²) in [7, 11) is 0. The third-order valence-corrected chi connectivity index (χ3v) is 5.54. The molecule has 0 atom stereocenters. The summed E-state index contributed by atoms with van der Waals surface area (Å²) in [5.74, 6) is 0.286. The van der Waals surface area contributed by atoms with Gasteiger partial charge in [0.2, 0.25) is 11.2 Å². The van der Waals surface area contributed by atoms with Crippen molar-refractivity contribution in [2.75, 3.05) is 0 Å². The molecule has 3 nitrogen and oxygen atoms in total. The van der Waals surface area contributed by atoms with E-state index in [0.29, 0.717) is 26.2 Å². The van der Waals surface area contributed by atoms with Crippen LogP contribution in [0.4, 0.5) is 0 Å². The largest absolute Gasteiger partial charge is 0.481 e. The summed E-state index contributed by atoms with van der Waals surface area (Å²) in [5, 5.41) is 1.66. The van der Waals surface area contributed by atoms with Crippen molar-refractivity contribution in [1.29, 1.82) is 0 Å². The molecule has 0 aliphatic rings. The quantitative estimate of drug-likeness (QED) is 0.310. The molecule has 0 aliphatic heterocycles. The number of ether oxygens (including phenoxy) is 1. The van der Waals surface area contributed by atoms with Gasteiger partial charge in [0, 0.05) is 26.2 Å². The van der Waals surface area contributed by atoms with Crippen LogP contribution in [0.2, 0.25) is 20.1 Å². The van der Waals surface area contributed by atoms with Crippen LogP contribution in [0.1, 0.15) is 5.56 Å². The molecule has 4 rings (SSSR count). The predicted molar refractivity (Wildman–Crippen MR) is 119 cm³/mol. The van der Waals surface area contributed by atoms with Gasteiger partial charge >= 0.3 is 0 Å². The van der Waals surface area contributed by atoms with E-state index < -0.39 is 5.43 Å². The molecule has 0 unspecified atom stereocenters. The van der Waals surface area contributed by atoms with Gasteiger partial charge in [-0.05, 0) is 24.3 Å². The van der Waals surface area contributed by atoms with Crippen molar-refractivity contribution in [1.82, 2.24) is 0 Å². The van der Waals surface area contributed by atoms with E-state index in [-0.39, 0.29) is 34.1 Å². The van der Waals surface area contributed by atoms with Crippen LogP contribution in [0.3, 0.4) is 0 Å². The minimum absolute atomic E-state index is 0.0110. The summed E-state index contributed by atoms with van der Waals surface area (Å²) < 4.78 is 11.9. The Morgan fingerprint density at radius 1 is 0.828 bits per heavy atom. The average molecular weight is 466 g/mol. The number of rotatable bonds is 4. The van der Waals surface area contributed by atoms with Gasteiger partial charge in [0.05, 0.1) is 10.4 Å². The Labute approximate surface area is 186 Å². The van der Waals surface area contributed by atoms with Crippen LogP contribution < -0.4 is 10.2 Å². The highest BCUT2D eigenvalue weighted by molar-refractivity contribution is 6.38. The molecule has 0 spiro atoms. The van der Waals surface area contributed by atoms with Crippen LogP contribution in [0.5, 0.6) is 5.75 Å². The van der Waals surface area contributed by atoms with Crippen molar-refractivity contribution < 1.29 is 9.15 Å². The van der Waals surface area contributed by atoms with E-state index in [4.69, 9.17) is 55.6 Å². The third kappa shape index (κ3) is 3.96. The van der Waals surface area contributed by atoms with Crippen LogP contribution in [0, 0.1) is 0 Å². The van der Waals surface area contributed by atoms with Crippen LogP contribution in [0.15, 0.2) is 69.9 Å². The molecule has 7 heteroatoms. The summed E-state index contributed by atoms with van der Waals surface area (Å²) in [6, 6.07) is 17.3. The highest BCUT2D eigenvalue weighted by Gasteiger charge is 2.20. The zero-order valence-electron chi connectivity index (χ0n) is 14.7. The first-order chi connectivity index (χ1) is 14.0. The Balaban J connectivity index is 1.91. The number of benzene rings is 3. The minimum Gasteiger partial charge on any atom is -0.481 e. The normalized spacial score (nSPS) is 11.0. The standard InChI is InChI=1S/C22H12Cl4O3/c23-13-9-14-19(27)22(28-11-15-16(24)7-4-8-17(15)25)20(12-5-2-1-3-6-12)29-21(14)18(26)10-13/h1-10H,11H2. The fourth-order valence-corrected chi connectivity index (χ4v) is 3.97. The molecule has 0 aliphatic carbocycles. The topological polar surface area (TPSA) is 39.4 Å². The Morgan fingerprint density at radius 3 is 2.21 bits per heavy atom. The zero-order chi connectivity index (χ0) is 20.5. The van der Waals surface area contributed by atoms with Crippen molar-refractivity contribution in [3.8, 4) is 17.1 Å². The SMILES string of the molecule is O=c1c(OCc2c(Cl)cccc2Cl)c(-c2ccccc2)oc2c(Cl)cc(Cl)cc12. The molecule has 0 saturated heterocycles. The molecule has 1 aromatic heterocycles. The maximum Gasteiger partial charge on any atom is 0.235 e. The summed E-state index contributed by atoms with van der Waals surface area (Å²) in [6.07, 6.45) is 0.